The van der Waals surface area contributed by atoms with Crippen LogP contribution in [0, 0.1) is 5.82 Å². The van der Waals surface area contributed by atoms with Crippen molar-refractivity contribution in [2.45, 2.75) is 45.1 Å². The summed E-state index contributed by atoms with van der Waals surface area (Å²) in [4.78, 5) is 18.8. The van der Waals surface area contributed by atoms with Gasteiger partial charge in [0, 0.05) is 44.9 Å². The zero-order valence-electron chi connectivity index (χ0n) is 21.4. The summed E-state index contributed by atoms with van der Waals surface area (Å²) in [5, 5.41) is 9.65. The number of amides is 1. The van der Waals surface area contributed by atoms with Gasteiger partial charge in [0.15, 0.2) is 5.11 Å². The molecule has 1 saturated heterocycles. The Hall–Kier alpha value is -3.04. The van der Waals surface area contributed by atoms with Crippen LogP contribution >= 0.6 is 12.2 Å². The van der Waals surface area contributed by atoms with Gasteiger partial charge in [0.05, 0.1) is 0 Å². The number of likely N-dealkylation sites (tertiary alicyclic amines) is 1. The van der Waals surface area contributed by atoms with E-state index in [-0.39, 0.29) is 11.7 Å². The Morgan fingerprint density at radius 2 is 1.81 bits per heavy atom. The van der Waals surface area contributed by atoms with Crippen molar-refractivity contribution in [1.29, 1.82) is 0 Å². The molecule has 1 aliphatic heterocycles. The maximum atomic E-state index is 12.9. The minimum absolute atomic E-state index is 0.00497. The zero-order valence-corrected chi connectivity index (χ0v) is 22.2. The van der Waals surface area contributed by atoms with E-state index in [2.05, 4.69) is 25.8 Å². The number of rotatable bonds is 14. The SMILES string of the molecule is O=C(CCCNC(=S)NCCc1ccc(F)cc1)NC/C=C\COc1cc(CN2CCCCC2)ccn1. The molecule has 0 spiro atoms. The Labute approximate surface area is 224 Å². The number of halogens is 1. The van der Waals surface area contributed by atoms with Gasteiger partial charge in [0.25, 0.3) is 0 Å². The minimum atomic E-state index is -0.236. The van der Waals surface area contributed by atoms with Crippen LogP contribution < -0.4 is 20.7 Å². The van der Waals surface area contributed by atoms with Crippen LogP contribution in [0.25, 0.3) is 0 Å². The Kier molecular flexibility index (Phi) is 12.8. The lowest BCUT2D eigenvalue weighted by atomic mass is 10.1. The van der Waals surface area contributed by atoms with E-state index in [1.807, 2.05) is 24.3 Å². The van der Waals surface area contributed by atoms with Crippen LogP contribution in [0.5, 0.6) is 5.88 Å². The van der Waals surface area contributed by atoms with E-state index in [1.165, 1.54) is 37.0 Å². The molecule has 0 unspecified atom stereocenters. The van der Waals surface area contributed by atoms with Gasteiger partial charge in [-0.05, 0) is 86.4 Å². The lowest BCUT2D eigenvalue weighted by Gasteiger charge is -2.26. The summed E-state index contributed by atoms with van der Waals surface area (Å²) in [7, 11) is 0. The summed E-state index contributed by atoms with van der Waals surface area (Å²) in [6.07, 6.45) is 11.3. The molecule has 1 fully saturated rings. The fourth-order valence-corrected chi connectivity index (χ4v) is 4.24. The van der Waals surface area contributed by atoms with Crippen LogP contribution in [0.2, 0.25) is 0 Å². The van der Waals surface area contributed by atoms with E-state index < -0.39 is 0 Å². The van der Waals surface area contributed by atoms with Gasteiger partial charge in [0.1, 0.15) is 12.4 Å². The van der Waals surface area contributed by atoms with Crippen molar-refractivity contribution in [2.75, 3.05) is 39.3 Å². The van der Waals surface area contributed by atoms with Crippen LogP contribution in [0.1, 0.15) is 43.2 Å². The lowest BCUT2D eigenvalue weighted by Crippen LogP contribution is -2.37. The molecule has 200 valence electrons. The van der Waals surface area contributed by atoms with Gasteiger partial charge in [-0.25, -0.2) is 9.37 Å². The normalized spacial score (nSPS) is 13.9. The first kappa shape index (κ1) is 28.5. The summed E-state index contributed by atoms with van der Waals surface area (Å²) in [5.74, 6) is 0.383. The lowest BCUT2D eigenvalue weighted by molar-refractivity contribution is -0.120. The highest BCUT2D eigenvalue weighted by Gasteiger charge is 2.10. The largest absolute Gasteiger partial charge is 0.473 e. The van der Waals surface area contributed by atoms with Crippen LogP contribution in [0.4, 0.5) is 4.39 Å². The van der Waals surface area contributed by atoms with Gasteiger partial charge in [-0.2, -0.15) is 0 Å². The molecule has 9 heteroatoms. The number of pyridine rings is 1. The van der Waals surface area contributed by atoms with Crippen LogP contribution in [0.3, 0.4) is 0 Å². The smallest absolute Gasteiger partial charge is 0.220 e. The quantitative estimate of drug-likeness (QED) is 0.196. The highest BCUT2D eigenvalue weighted by atomic mass is 32.1. The van der Waals surface area contributed by atoms with Crippen molar-refractivity contribution < 1.29 is 13.9 Å². The Morgan fingerprint density at radius 3 is 2.62 bits per heavy atom. The third-order valence-corrected chi connectivity index (χ3v) is 6.33. The number of benzene rings is 1. The van der Waals surface area contributed by atoms with Crippen LogP contribution in [-0.2, 0) is 17.8 Å². The molecule has 0 atom stereocenters. The molecule has 1 amide bonds. The fraction of sp³-hybridized carbons (Fsp3) is 0.464. The molecule has 1 aromatic carbocycles. The number of ether oxygens (including phenoxy) is 1. The first-order chi connectivity index (χ1) is 18.1. The fourth-order valence-electron chi connectivity index (χ4n) is 4.03. The molecule has 0 radical (unpaired) electrons. The van der Waals surface area contributed by atoms with E-state index in [1.54, 1.807) is 18.3 Å². The Morgan fingerprint density at radius 1 is 1.03 bits per heavy atom. The van der Waals surface area contributed by atoms with E-state index in [9.17, 15) is 9.18 Å². The molecule has 2 aromatic rings. The third kappa shape index (κ3) is 12.2. The molecule has 37 heavy (non-hydrogen) atoms. The molecule has 7 nitrogen and oxygen atoms in total. The Balaban J connectivity index is 1.18. The number of carbonyl (C=O) groups is 1. The Bertz CT molecular complexity index is 996. The average molecular weight is 528 g/mol. The second-order valence-corrected chi connectivity index (χ2v) is 9.50. The molecule has 3 N–H and O–H groups in total. The molecule has 2 heterocycles. The molecule has 3 rings (SSSR count). The zero-order chi connectivity index (χ0) is 26.1. The average Bonchev–Trinajstić information content (AvgIpc) is 2.90. The number of nitrogens with one attached hydrogen (secondary N) is 3. The first-order valence-electron chi connectivity index (χ1n) is 13.1. The molecule has 1 aromatic heterocycles. The molecule has 0 bridgehead atoms. The monoisotopic (exact) mass is 527 g/mol. The van der Waals surface area contributed by atoms with Gasteiger partial charge in [-0.3, -0.25) is 9.69 Å². The molecular weight excluding hydrogens is 489 g/mol. The van der Waals surface area contributed by atoms with Crippen molar-refractivity contribution in [2.24, 2.45) is 0 Å². The van der Waals surface area contributed by atoms with E-state index in [4.69, 9.17) is 17.0 Å². The molecule has 0 saturated carbocycles. The van der Waals surface area contributed by atoms with E-state index >= 15 is 0 Å². The number of piperidine rings is 1. The predicted molar refractivity (Wildman–Crippen MR) is 149 cm³/mol. The maximum Gasteiger partial charge on any atom is 0.220 e. The number of carbonyl (C=O) groups excluding carboxylic acids is 1. The van der Waals surface area contributed by atoms with E-state index in [0.29, 0.717) is 50.1 Å². The molecule has 0 aliphatic carbocycles. The van der Waals surface area contributed by atoms with Crippen molar-refractivity contribution >= 4 is 23.2 Å². The van der Waals surface area contributed by atoms with Crippen LogP contribution in [0.15, 0.2) is 54.7 Å². The van der Waals surface area contributed by atoms with Crippen molar-refractivity contribution in [1.82, 2.24) is 25.8 Å². The van der Waals surface area contributed by atoms with Gasteiger partial charge >= 0.3 is 0 Å². The summed E-state index contributed by atoms with van der Waals surface area (Å²) in [6, 6.07) is 10.5. The molecule has 1 aliphatic rings. The number of aromatic nitrogens is 1. The highest BCUT2D eigenvalue weighted by Crippen LogP contribution is 2.15. The van der Waals surface area contributed by atoms with Crippen molar-refractivity contribution in [3.63, 3.8) is 0 Å². The number of nitrogens with zero attached hydrogens (tertiary/aromatic N) is 2. The van der Waals surface area contributed by atoms with Gasteiger partial charge < -0.3 is 20.7 Å². The predicted octanol–water partition coefficient (Wildman–Crippen LogP) is 3.74. The maximum absolute atomic E-state index is 12.9. The summed E-state index contributed by atoms with van der Waals surface area (Å²) in [5.41, 5.74) is 2.27. The van der Waals surface area contributed by atoms with Gasteiger partial charge in [0.2, 0.25) is 11.8 Å². The molecular formula is C28H38FN5O2S. The summed E-state index contributed by atoms with van der Waals surface area (Å²) in [6.45, 7) is 5.41. The van der Waals surface area contributed by atoms with E-state index in [0.717, 1.165) is 31.6 Å². The number of hydrogen-bond acceptors (Lipinski definition) is 5. The topological polar surface area (TPSA) is 78.5 Å². The number of hydrogen-bond donors (Lipinski definition) is 3. The third-order valence-electron chi connectivity index (χ3n) is 6.04. The minimum Gasteiger partial charge on any atom is -0.473 e. The highest BCUT2D eigenvalue weighted by molar-refractivity contribution is 7.80. The summed E-state index contributed by atoms with van der Waals surface area (Å²) < 4.78 is 18.7. The van der Waals surface area contributed by atoms with Gasteiger partial charge in [-0.15, -0.1) is 0 Å². The second kappa shape index (κ2) is 16.7. The summed E-state index contributed by atoms with van der Waals surface area (Å²) >= 11 is 5.25. The number of thiocarbonyl (C=S) groups is 1. The van der Waals surface area contributed by atoms with Crippen molar-refractivity contribution in [3.8, 4) is 5.88 Å². The first-order valence-corrected chi connectivity index (χ1v) is 13.5. The second-order valence-electron chi connectivity index (χ2n) is 9.09. The van der Waals surface area contributed by atoms with Crippen LogP contribution in [-0.4, -0.2) is 60.2 Å². The van der Waals surface area contributed by atoms with Gasteiger partial charge in [-0.1, -0.05) is 24.6 Å². The standard InChI is InChI=1S/C28H38FN5O2S/c29-25-10-8-23(9-11-25)12-17-33-28(37)32-15-6-7-26(35)30-14-2-5-20-36-27-21-24(13-16-31-27)22-34-18-3-1-4-19-34/h2,5,8-11,13,16,21H,1,3-4,6-7,12,14-15,17-20,22H2,(H,30,35)(H2,32,33,37)/b5-2-. The van der Waals surface area contributed by atoms with Crippen molar-refractivity contribution in [3.05, 3.63) is 71.7 Å².